The molecule has 1 aliphatic rings. The molecule has 1 unspecified atom stereocenters. The van der Waals surface area contributed by atoms with Gasteiger partial charge in [-0.15, -0.1) is 0 Å². The smallest absolute Gasteiger partial charge is 0.227 e. The topological polar surface area (TPSA) is 95.1 Å². The van der Waals surface area contributed by atoms with E-state index in [1.807, 2.05) is 24.3 Å². The van der Waals surface area contributed by atoms with Crippen molar-refractivity contribution in [1.82, 2.24) is 0 Å². The van der Waals surface area contributed by atoms with Gasteiger partial charge in [0.25, 0.3) is 0 Å². The third-order valence-electron chi connectivity index (χ3n) is 3.07. The van der Waals surface area contributed by atoms with Crippen LogP contribution in [0.15, 0.2) is 29.4 Å². The van der Waals surface area contributed by atoms with Gasteiger partial charge in [-0.3, -0.25) is 4.79 Å². The van der Waals surface area contributed by atoms with Gasteiger partial charge in [0.15, 0.2) is 0 Å². The van der Waals surface area contributed by atoms with Crippen LogP contribution in [0.3, 0.4) is 0 Å². The van der Waals surface area contributed by atoms with Gasteiger partial charge in [-0.05, 0) is 29.1 Å². The summed E-state index contributed by atoms with van der Waals surface area (Å²) < 4.78 is 0. The summed E-state index contributed by atoms with van der Waals surface area (Å²) in [5.74, 6) is 0.178. The molecule has 1 amide bonds. The highest BCUT2D eigenvalue weighted by Gasteiger charge is 2.29. The highest BCUT2D eigenvalue weighted by atomic mass is 16.2. The van der Waals surface area contributed by atoms with E-state index < -0.39 is 0 Å². The number of carbonyl (C=O) groups is 1. The number of hydrogen-bond acceptors (Lipinski definition) is 3. The van der Waals surface area contributed by atoms with Crippen LogP contribution < -0.4 is 10.6 Å². The van der Waals surface area contributed by atoms with Crippen LogP contribution in [-0.2, 0) is 11.3 Å². The molecule has 1 saturated heterocycles. The lowest BCUT2D eigenvalue weighted by atomic mass is 10.1. The second kappa shape index (κ2) is 5.53. The number of nitrogens with zero attached hydrogens (tertiary/aromatic N) is 4. The van der Waals surface area contributed by atoms with E-state index in [1.54, 1.807) is 4.90 Å². The van der Waals surface area contributed by atoms with Gasteiger partial charge < -0.3 is 10.6 Å². The van der Waals surface area contributed by atoms with Crippen LogP contribution >= 0.6 is 0 Å². The number of hydrogen-bond donors (Lipinski definition) is 1. The van der Waals surface area contributed by atoms with E-state index in [9.17, 15) is 4.79 Å². The average molecular weight is 245 g/mol. The third kappa shape index (κ3) is 2.61. The van der Waals surface area contributed by atoms with Crippen LogP contribution in [0.4, 0.5) is 5.69 Å². The normalized spacial score (nSPS) is 18.8. The molecule has 0 spiro atoms. The molecular formula is C12H15N5O. The minimum Gasteiger partial charge on any atom is -0.326 e. The van der Waals surface area contributed by atoms with Gasteiger partial charge in [0.1, 0.15) is 0 Å². The predicted molar refractivity (Wildman–Crippen MR) is 68.8 cm³/mol. The number of nitrogens with two attached hydrogens (primary N) is 1. The van der Waals surface area contributed by atoms with Gasteiger partial charge in [0, 0.05) is 36.7 Å². The molecular weight excluding hydrogens is 230 g/mol. The van der Waals surface area contributed by atoms with E-state index in [2.05, 4.69) is 10.0 Å². The SMILES string of the molecule is [N-]=[N+]=NCC1CC(=O)N(c2cccc(CN)c2)C1. The van der Waals surface area contributed by atoms with E-state index in [0.29, 0.717) is 26.1 Å². The van der Waals surface area contributed by atoms with Crippen molar-refractivity contribution in [1.29, 1.82) is 0 Å². The van der Waals surface area contributed by atoms with Crippen LogP contribution in [0.2, 0.25) is 0 Å². The zero-order chi connectivity index (χ0) is 13.0. The number of carbonyl (C=O) groups excluding carboxylic acids is 1. The zero-order valence-corrected chi connectivity index (χ0v) is 9.99. The van der Waals surface area contributed by atoms with Crippen molar-refractivity contribution < 1.29 is 4.79 Å². The summed E-state index contributed by atoms with van der Waals surface area (Å²) in [6.07, 6.45) is 0.436. The third-order valence-corrected chi connectivity index (χ3v) is 3.07. The molecule has 2 N–H and O–H groups in total. The predicted octanol–water partition coefficient (Wildman–Crippen LogP) is 1.81. The van der Waals surface area contributed by atoms with Gasteiger partial charge in [0.05, 0.1) is 0 Å². The van der Waals surface area contributed by atoms with E-state index >= 15 is 0 Å². The molecule has 1 atom stereocenters. The molecule has 0 aliphatic carbocycles. The van der Waals surface area contributed by atoms with Gasteiger partial charge in [-0.25, -0.2) is 0 Å². The van der Waals surface area contributed by atoms with Crippen LogP contribution in [0.25, 0.3) is 10.4 Å². The first kappa shape index (κ1) is 12.4. The summed E-state index contributed by atoms with van der Waals surface area (Å²) in [6, 6.07) is 7.65. The van der Waals surface area contributed by atoms with E-state index in [0.717, 1.165) is 11.3 Å². The largest absolute Gasteiger partial charge is 0.326 e. The fourth-order valence-corrected chi connectivity index (χ4v) is 2.16. The summed E-state index contributed by atoms with van der Waals surface area (Å²) >= 11 is 0. The molecule has 1 aromatic rings. The van der Waals surface area contributed by atoms with E-state index in [-0.39, 0.29) is 11.8 Å². The lowest BCUT2D eigenvalue weighted by molar-refractivity contribution is -0.117. The second-order valence-electron chi connectivity index (χ2n) is 4.36. The van der Waals surface area contributed by atoms with Crippen molar-refractivity contribution in [2.24, 2.45) is 16.8 Å². The zero-order valence-electron chi connectivity index (χ0n) is 9.99. The maximum absolute atomic E-state index is 11.9. The lowest BCUT2D eigenvalue weighted by Gasteiger charge is -2.17. The summed E-state index contributed by atoms with van der Waals surface area (Å²) in [4.78, 5) is 16.4. The first-order chi connectivity index (χ1) is 8.74. The second-order valence-corrected chi connectivity index (χ2v) is 4.36. The van der Waals surface area contributed by atoms with E-state index in [1.165, 1.54) is 0 Å². The van der Waals surface area contributed by atoms with E-state index in [4.69, 9.17) is 11.3 Å². The number of benzene rings is 1. The van der Waals surface area contributed by atoms with Crippen LogP contribution in [0.1, 0.15) is 12.0 Å². The average Bonchev–Trinajstić information content (AvgIpc) is 2.77. The summed E-state index contributed by atoms with van der Waals surface area (Å²) in [5, 5.41) is 3.53. The maximum atomic E-state index is 11.9. The highest BCUT2D eigenvalue weighted by Crippen LogP contribution is 2.25. The molecule has 0 radical (unpaired) electrons. The van der Waals surface area contributed by atoms with Crippen molar-refractivity contribution >= 4 is 11.6 Å². The van der Waals surface area contributed by atoms with Gasteiger partial charge in [-0.2, -0.15) is 0 Å². The Labute approximate surface area is 105 Å². The van der Waals surface area contributed by atoms with Crippen molar-refractivity contribution in [3.05, 3.63) is 40.3 Å². The molecule has 0 bridgehead atoms. The maximum Gasteiger partial charge on any atom is 0.227 e. The fourth-order valence-electron chi connectivity index (χ4n) is 2.16. The Kier molecular flexibility index (Phi) is 3.82. The Hall–Kier alpha value is -2.04. The molecule has 2 rings (SSSR count). The van der Waals surface area contributed by atoms with Crippen LogP contribution in [0.5, 0.6) is 0 Å². The van der Waals surface area contributed by atoms with Crippen molar-refractivity contribution in [3.8, 4) is 0 Å². The monoisotopic (exact) mass is 245 g/mol. The van der Waals surface area contributed by atoms with Crippen molar-refractivity contribution in [2.45, 2.75) is 13.0 Å². The standard InChI is InChI=1S/C12H15N5O/c13-6-9-2-1-3-11(4-9)17-8-10(5-12(17)18)7-15-16-14/h1-4,10H,5-8,13H2. The van der Waals surface area contributed by atoms with Gasteiger partial charge >= 0.3 is 0 Å². The number of amides is 1. The Morgan fingerprint density at radius 2 is 2.39 bits per heavy atom. The Morgan fingerprint density at radius 1 is 1.56 bits per heavy atom. The molecule has 1 heterocycles. The number of anilines is 1. The minimum absolute atomic E-state index is 0.0716. The van der Waals surface area contributed by atoms with Crippen molar-refractivity contribution in [3.63, 3.8) is 0 Å². The fraction of sp³-hybridized carbons (Fsp3) is 0.417. The molecule has 6 nitrogen and oxygen atoms in total. The van der Waals surface area contributed by atoms with Crippen molar-refractivity contribution in [2.75, 3.05) is 18.0 Å². The summed E-state index contributed by atoms with van der Waals surface area (Å²) in [5.41, 5.74) is 15.7. The van der Waals surface area contributed by atoms with Crippen LogP contribution in [0, 0.1) is 5.92 Å². The first-order valence-electron chi connectivity index (χ1n) is 5.85. The molecule has 18 heavy (non-hydrogen) atoms. The minimum atomic E-state index is 0.0716. The number of azide groups is 1. The summed E-state index contributed by atoms with van der Waals surface area (Å²) in [6.45, 7) is 1.43. The molecule has 1 fully saturated rings. The molecule has 0 aromatic heterocycles. The molecule has 1 aromatic carbocycles. The van der Waals surface area contributed by atoms with Crippen LogP contribution in [-0.4, -0.2) is 19.0 Å². The molecule has 1 aliphatic heterocycles. The lowest BCUT2D eigenvalue weighted by Crippen LogP contribution is -2.24. The Balaban J connectivity index is 2.13. The van der Waals surface area contributed by atoms with Gasteiger partial charge in [-0.1, -0.05) is 17.2 Å². The summed E-state index contributed by atoms with van der Waals surface area (Å²) in [7, 11) is 0. The number of rotatable bonds is 4. The first-order valence-corrected chi connectivity index (χ1v) is 5.85. The Morgan fingerprint density at radius 3 is 3.11 bits per heavy atom. The highest BCUT2D eigenvalue weighted by molar-refractivity contribution is 5.95. The Bertz CT molecular complexity index is 495. The quantitative estimate of drug-likeness (QED) is 0.497. The molecule has 6 heteroatoms. The molecule has 0 saturated carbocycles. The van der Waals surface area contributed by atoms with Gasteiger partial charge in [0.2, 0.25) is 5.91 Å². The molecule has 94 valence electrons.